The monoisotopic (exact) mass is 167 g/mol. The van der Waals surface area contributed by atoms with Gasteiger partial charge in [0.05, 0.1) is 14.2 Å². The van der Waals surface area contributed by atoms with Crippen LogP contribution < -0.4 is 10.2 Å². The minimum atomic E-state index is 0.789. The molecule has 0 heterocycles. The maximum absolute atomic E-state index is 5.14. The quantitative estimate of drug-likeness (QED) is 0.698. The van der Waals surface area contributed by atoms with Gasteiger partial charge in [0.25, 0.3) is 0 Å². The Hall–Kier alpha value is -1.22. The van der Waals surface area contributed by atoms with Crippen LogP contribution in [0.25, 0.3) is 0 Å². The van der Waals surface area contributed by atoms with Crippen LogP contribution >= 0.6 is 0 Å². The molecule has 1 aromatic carbocycles. The molecule has 12 heavy (non-hydrogen) atoms. The third-order valence-corrected chi connectivity index (χ3v) is 1.57. The Morgan fingerprint density at radius 1 is 1.25 bits per heavy atom. The second-order valence-electron chi connectivity index (χ2n) is 2.51. The van der Waals surface area contributed by atoms with Crippen molar-refractivity contribution in [2.45, 2.75) is 6.92 Å². The predicted octanol–water partition coefficient (Wildman–Crippen LogP) is 1.98. The second-order valence-corrected chi connectivity index (χ2v) is 2.51. The highest BCUT2D eigenvalue weighted by molar-refractivity contribution is 5.56. The molecule has 0 spiro atoms. The van der Waals surface area contributed by atoms with Crippen LogP contribution in [0.15, 0.2) is 18.2 Å². The van der Waals surface area contributed by atoms with Gasteiger partial charge >= 0.3 is 0 Å². The normalized spacial score (nSPS) is 9.58. The summed E-state index contributed by atoms with van der Waals surface area (Å²) in [6.07, 6.45) is 0. The van der Waals surface area contributed by atoms with Crippen molar-refractivity contribution in [2.24, 2.45) is 0 Å². The average molecular weight is 167 g/mol. The van der Waals surface area contributed by atoms with Gasteiger partial charge in [-0.05, 0) is 24.6 Å². The fourth-order valence-electron chi connectivity index (χ4n) is 0.993. The van der Waals surface area contributed by atoms with Gasteiger partial charge in [-0.25, -0.2) is 0 Å². The fraction of sp³-hybridized carbons (Fsp3) is 0.333. The fourth-order valence-corrected chi connectivity index (χ4v) is 0.993. The molecule has 66 valence electrons. The highest BCUT2D eigenvalue weighted by Gasteiger charge is 2.00. The lowest BCUT2D eigenvalue weighted by atomic mass is 10.2. The van der Waals surface area contributed by atoms with E-state index in [9.17, 15) is 0 Å². The Balaban J connectivity index is 2.94. The average Bonchev–Trinajstić information content (AvgIpc) is 2.08. The van der Waals surface area contributed by atoms with Gasteiger partial charge in [0.2, 0.25) is 0 Å². The third-order valence-electron chi connectivity index (χ3n) is 1.57. The summed E-state index contributed by atoms with van der Waals surface area (Å²) in [5.74, 6) is 0.789. The van der Waals surface area contributed by atoms with Gasteiger partial charge in [-0.3, -0.25) is 10.3 Å². The Morgan fingerprint density at radius 3 is 2.58 bits per heavy atom. The predicted molar refractivity (Wildman–Crippen MR) is 48.4 cm³/mol. The molecule has 0 aliphatic heterocycles. The molecule has 0 saturated carbocycles. The zero-order valence-electron chi connectivity index (χ0n) is 7.55. The number of rotatable bonds is 3. The molecule has 3 nitrogen and oxygen atoms in total. The minimum Gasteiger partial charge on any atom is -0.494 e. The van der Waals surface area contributed by atoms with E-state index in [0.29, 0.717) is 0 Å². The lowest BCUT2D eigenvalue weighted by Gasteiger charge is -2.09. The van der Waals surface area contributed by atoms with Crippen molar-refractivity contribution in [1.82, 2.24) is 0 Å². The van der Waals surface area contributed by atoms with Crippen molar-refractivity contribution >= 4 is 5.69 Å². The largest absolute Gasteiger partial charge is 0.494 e. The second kappa shape index (κ2) is 3.97. The SMILES string of the molecule is CONc1ccc(C)cc1OC. The molecule has 0 atom stereocenters. The van der Waals surface area contributed by atoms with Gasteiger partial charge < -0.3 is 4.74 Å². The van der Waals surface area contributed by atoms with Gasteiger partial charge in [-0.1, -0.05) is 6.07 Å². The minimum absolute atomic E-state index is 0.789. The Labute approximate surface area is 72.3 Å². The number of nitrogens with one attached hydrogen (secondary N) is 1. The summed E-state index contributed by atoms with van der Waals surface area (Å²) in [5, 5.41) is 0. The molecule has 0 aromatic heterocycles. The third kappa shape index (κ3) is 1.89. The van der Waals surface area contributed by atoms with E-state index >= 15 is 0 Å². The van der Waals surface area contributed by atoms with E-state index in [1.165, 1.54) is 0 Å². The molecule has 0 unspecified atom stereocenters. The summed E-state index contributed by atoms with van der Waals surface area (Å²) in [6, 6.07) is 5.85. The van der Waals surface area contributed by atoms with Crippen LogP contribution in [0.1, 0.15) is 5.56 Å². The van der Waals surface area contributed by atoms with Crippen molar-refractivity contribution in [3.63, 3.8) is 0 Å². The molecule has 0 saturated heterocycles. The summed E-state index contributed by atoms with van der Waals surface area (Å²) in [6.45, 7) is 2.01. The number of benzene rings is 1. The maximum Gasteiger partial charge on any atom is 0.144 e. The topological polar surface area (TPSA) is 30.5 Å². The van der Waals surface area contributed by atoms with Gasteiger partial charge in [0, 0.05) is 0 Å². The first-order chi connectivity index (χ1) is 5.77. The van der Waals surface area contributed by atoms with Crippen molar-refractivity contribution in [3.8, 4) is 5.75 Å². The van der Waals surface area contributed by atoms with E-state index < -0.39 is 0 Å². The number of anilines is 1. The van der Waals surface area contributed by atoms with E-state index in [-0.39, 0.29) is 0 Å². The number of ether oxygens (including phenoxy) is 1. The lowest BCUT2D eigenvalue weighted by Crippen LogP contribution is -1.98. The number of aryl methyl sites for hydroxylation is 1. The van der Waals surface area contributed by atoms with Crippen molar-refractivity contribution in [1.29, 1.82) is 0 Å². The van der Waals surface area contributed by atoms with E-state index in [4.69, 9.17) is 9.57 Å². The van der Waals surface area contributed by atoms with Crippen molar-refractivity contribution in [2.75, 3.05) is 19.7 Å². The van der Waals surface area contributed by atoms with Gasteiger partial charge in [-0.2, -0.15) is 0 Å². The molecule has 0 fully saturated rings. The van der Waals surface area contributed by atoms with Crippen LogP contribution in [0.2, 0.25) is 0 Å². The van der Waals surface area contributed by atoms with E-state index in [2.05, 4.69) is 5.48 Å². The first-order valence-corrected chi connectivity index (χ1v) is 3.71. The Morgan fingerprint density at radius 2 is 2.00 bits per heavy atom. The summed E-state index contributed by atoms with van der Waals surface area (Å²) >= 11 is 0. The Kier molecular flexibility index (Phi) is 2.94. The van der Waals surface area contributed by atoms with Crippen molar-refractivity contribution < 1.29 is 9.57 Å². The smallest absolute Gasteiger partial charge is 0.144 e. The van der Waals surface area contributed by atoms with Gasteiger partial charge in [-0.15, -0.1) is 0 Å². The van der Waals surface area contributed by atoms with Gasteiger partial charge in [0.15, 0.2) is 0 Å². The first kappa shape index (κ1) is 8.87. The van der Waals surface area contributed by atoms with Gasteiger partial charge in [0.1, 0.15) is 11.4 Å². The molecule has 1 aromatic rings. The number of hydrogen-bond donors (Lipinski definition) is 1. The standard InChI is InChI=1S/C9H13NO2/c1-7-4-5-8(10-12-3)9(6-7)11-2/h4-6,10H,1-3H3. The van der Waals surface area contributed by atoms with Crippen LogP contribution in [0.4, 0.5) is 5.69 Å². The van der Waals surface area contributed by atoms with Crippen LogP contribution in [-0.2, 0) is 4.84 Å². The summed E-state index contributed by atoms with van der Waals surface area (Å²) < 4.78 is 5.14. The molecular weight excluding hydrogens is 154 g/mol. The lowest BCUT2D eigenvalue weighted by molar-refractivity contribution is 0.268. The highest BCUT2D eigenvalue weighted by atomic mass is 16.6. The molecule has 3 heteroatoms. The van der Waals surface area contributed by atoms with Crippen LogP contribution in [-0.4, -0.2) is 14.2 Å². The van der Waals surface area contributed by atoms with Crippen LogP contribution in [0.3, 0.4) is 0 Å². The van der Waals surface area contributed by atoms with E-state index in [1.807, 2.05) is 25.1 Å². The van der Waals surface area contributed by atoms with E-state index in [1.54, 1.807) is 14.2 Å². The first-order valence-electron chi connectivity index (χ1n) is 3.71. The molecule has 0 radical (unpaired) electrons. The van der Waals surface area contributed by atoms with Crippen LogP contribution in [0, 0.1) is 6.92 Å². The molecule has 0 aliphatic rings. The number of methoxy groups -OCH3 is 1. The zero-order valence-corrected chi connectivity index (χ0v) is 7.55. The number of hydrogen-bond acceptors (Lipinski definition) is 3. The van der Waals surface area contributed by atoms with E-state index in [0.717, 1.165) is 17.0 Å². The maximum atomic E-state index is 5.14. The highest BCUT2D eigenvalue weighted by Crippen LogP contribution is 2.24. The summed E-state index contributed by atoms with van der Waals surface area (Å²) in [5.41, 5.74) is 4.73. The molecule has 1 rings (SSSR count). The summed E-state index contributed by atoms with van der Waals surface area (Å²) in [7, 11) is 3.20. The van der Waals surface area contributed by atoms with Crippen LogP contribution in [0.5, 0.6) is 5.75 Å². The van der Waals surface area contributed by atoms with Crippen molar-refractivity contribution in [3.05, 3.63) is 23.8 Å². The Bertz CT molecular complexity index is 261. The molecule has 0 amide bonds. The molecule has 0 aliphatic carbocycles. The molecule has 1 N–H and O–H groups in total. The zero-order chi connectivity index (χ0) is 8.97. The molecule has 0 bridgehead atoms. The summed E-state index contributed by atoms with van der Waals surface area (Å²) in [4.78, 5) is 4.78. The molecular formula is C9H13NO2.